The quantitative estimate of drug-likeness (QED) is 0.401. The molecule has 40 heavy (non-hydrogen) atoms. The second-order valence-corrected chi connectivity index (χ2v) is 11.7. The van der Waals surface area contributed by atoms with Crippen molar-refractivity contribution in [1.82, 2.24) is 20.0 Å². The second kappa shape index (κ2) is 11.6. The van der Waals surface area contributed by atoms with Crippen LogP contribution in [0.3, 0.4) is 0 Å². The molecule has 9 nitrogen and oxygen atoms in total. The number of carbonyl (C=O) groups is 1. The number of aliphatic hydroxyl groups is 1. The molecule has 0 saturated carbocycles. The van der Waals surface area contributed by atoms with Crippen LogP contribution in [0, 0.1) is 6.92 Å². The van der Waals surface area contributed by atoms with Crippen LogP contribution in [0.15, 0.2) is 54.6 Å². The zero-order valence-corrected chi connectivity index (χ0v) is 24.1. The maximum absolute atomic E-state index is 13.4. The number of rotatable bonds is 7. The molecule has 2 aromatic carbocycles. The Hall–Kier alpha value is -3.40. The van der Waals surface area contributed by atoms with Crippen molar-refractivity contribution < 1.29 is 19.4 Å². The van der Waals surface area contributed by atoms with Gasteiger partial charge >= 0.3 is 6.03 Å². The lowest BCUT2D eigenvalue weighted by Gasteiger charge is -2.40. The topological polar surface area (TPSA) is 101 Å². The zero-order chi connectivity index (χ0) is 28.4. The molecule has 0 spiro atoms. The first-order valence-electron chi connectivity index (χ1n) is 14.1. The minimum atomic E-state index is -0.712. The summed E-state index contributed by atoms with van der Waals surface area (Å²) < 4.78 is 13.8. The van der Waals surface area contributed by atoms with Crippen molar-refractivity contribution in [3.8, 4) is 11.6 Å². The number of fused-ring (bicyclic) bond motifs is 1. The van der Waals surface area contributed by atoms with Gasteiger partial charge in [-0.15, -0.1) is 5.10 Å². The lowest BCUT2D eigenvalue weighted by Crippen LogP contribution is -2.47. The Morgan fingerprint density at radius 1 is 1.18 bits per heavy atom. The Labute approximate surface area is 236 Å². The van der Waals surface area contributed by atoms with Crippen molar-refractivity contribution >= 4 is 11.8 Å². The Morgan fingerprint density at radius 3 is 2.65 bits per heavy atom. The van der Waals surface area contributed by atoms with Crippen LogP contribution in [0.1, 0.15) is 56.8 Å². The first kappa shape index (κ1) is 28.1. The van der Waals surface area contributed by atoms with Crippen LogP contribution in [0.2, 0.25) is 0 Å². The maximum atomic E-state index is 13.4. The van der Waals surface area contributed by atoms with E-state index < -0.39 is 18.2 Å². The molecule has 3 atom stereocenters. The highest BCUT2D eigenvalue weighted by Gasteiger charge is 2.39. The first-order valence-corrected chi connectivity index (χ1v) is 14.1. The molecule has 1 aliphatic carbocycles. The fourth-order valence-electron chi connectivity index (χ4n) is 5.80. The summed E-state index contributed by atoms with van der Waals surface area (Å²) in [5.41, 5.74) is 3.38. The Balaban J connectivity index is 1.36. The van der Waals surface area contributed by atoms with Crippen molar-refractivity contribution in [2.45, 2.75) is 70.7 Å². The van der Waals surface area contributed by atoms with Gasteiger partial charge in [0.05, 0.1) is 30.0 Å². The van der Waals surface area contributed by atoms with E-state index in [0.717, 1.165) is 29.9 Å². The summed E-state index contributed by atoms with van der Waals surface area (Å²) in [5.74, 6) is 0.945. The Morgan fingerprint density at radius 2 is 1.90 bits per heavy atom. The number of morpholine rings is 1. The number of aliphatic hydroxyl groups excluding tert-OH is 1. The maximum Gasteiger partial charge on any atom is 0.320 e. The lowest BCUT2D eigenvalue weighted by atomic mass is 9.70. The van der Waals surface area contributed by atoms with E-state index in [2.05, 4.69) is 49.3 Å². The van der Waals surface area contributed by atoms with E-state index in [9.17, 15) is 9.90 Å². The fraction of sp³-hybridized carbons (Fsp3) is 0.484. The van der Waals surface area contributed by atoms with E-state index >= 15 is 0 Å². The van der Waals surface area contributed by atoms with Gasteiger partial charge in [0.15, 0.2) is 0 Å². The van der Waals surface area contributed by atoms with Crippen molar-refractivity contribution in [2.75, 3.05) is 31.6 Å². The molecule has 1 fully saturated rings. The van der Waals surface area contributed by atoms with Gasteiger partial charge in [0, 0.05) is 19.1 Å². The summed E-state index contributed by atoms with van der Waals surface area (Å²) in [6.45, 7) is 13.2. The molecule has 1 aliphatic heterocycles. The average Bonchev–Trinajstić information content (AvgIpc) is 3.25. The number of hydrogen-bond donors (Lipinski definition) is 3. The average molecular weight is 548 g/mol. The minimum Gasteiger partial charge on any atom is -0.474 e. The molecule has 1 unspecified atom stereocenters. The number of para-hydroxylation sites is 1. The number of nitrogens with zero attached hydrogens (tertiary/aromatic N) is 3. The molecule has 9 heteroatoms. The monoisotopic (exact) mass is 547 g/mol. The predicted octanol–water partition coefficient (Wildman–Crippen LogP) is 4.57. The van der Waals surface area contributed by atoms with Crippen molar-refractivity contribution in [2.24, 2.45) is 0 Å². The summed E-state index contributed by atoms with van der Waals surface area (Å²) in [5, 5.41) is 21.7. The molecule has 3 N–H and O–H groups in total. The van der Waals surface area contributed by atoms with Crippen LogP contribution in [0.4, 0.5) is 10.6 Å². The van der Waals surface area contributed by atoms with E-state index in [1.807, 2.05) is 55.5 Å². The summed E-state index contributed by atoms with van der Waals surface area (Å²) in [6, 6.07) is 17.1. The van der Waals surface area contributed by atoms with Gasteiger partial charge < -0.3 is 19.9 Å². The Bertz CT molecular complexity index is 1320. The van der Waals surface area contributed by atoms with Crippen molar-refractivity contribution in [3.63, 3.8) is 0 Å². The molecule has 1 saturated heterocycles. The number of nitrogens with one attached hydrogen (secondary N) is 2. The molecule has 2 aliphatic rings. The van der Waals surface area contributed by atoms with E-state index in [0.29, 0.717) is 42.9 Å². The van der Waals surface area contributed by atoms with Gasteiger partial charge in [0.25, 0.3) is 0 Å². The minimum absolute atomic E-state index is 0.0609. The SMILES string of the molecule is Cc1c(OCC2CN(C(C)C)CCO2)nn(-c2ccccc2)c1NC(=O)N[C@@H]1c2ccccc2C(C)(C)C[C@H]1O. The molecule has 2 heterocycles. The zero-order valence-electron chi connectivity index (χ0n) is 24.1. The van der Waals surface area contributed by atoms with Gasteiger partial charge in [0.2, 0.25) is 5.88 Å². The molecule has 0 radical (unpaired) electrons. The van der Waals surface area contributed by atoms with Crippen LogP contribution >= 0.6 is 0 Å². The molecule has 1 aromatic heterocycles. The summed E-state index contributed by atoms with van der Waals surface area (Å²) in [4.78, 5) is 15.8. The molecular formula is C31H41N5O4. The van der Waals surface area contributed by atoms with E-state index in [4.69, 9.17) is 14.6 Å². The lowest BCUT2D eigenvalue weighted by molar-refractivity contribution is -0.0571. The molecule has 0 bridgehead atoms. The van der Waals surface area contributed by atoms with Gasteiger partial charge in [-0.2, -0.15) is 0 Å². The Kier molecular flexibility index (Phi) is 8.16. The van der Waals surface area contributed by atoms with E-state index in [1.165, 1.54) is 0 Å². The number of anilines is 1. The van der Waals surface area contributed by atoms with Gasteiger partial charge in [0.1, 0.15) is 18.5 Å². The third-order valence-electron chi connectivity index (χ3n) is 8.03. The van der Waals surface area contributed by atoms with Gasteiger partial charge in [-0.1, -0.05) is 56.3 Å². The van der Waals surface area contributed by atoms with Crippen molar-refractivity contribution in [3.05, 3.63) is 71.3 Å². The van der Waals surface area contributed by atoms with Gasteiger partial charge in [-0.05, 0) is 55.9 Å². The largest absolute Gasteiger partial charge is 0.474 e. The number of hydrogen-bond acceptors (Lipinski definition) is 6. The highest BCUT2D eigenvalue weighted by Crippen LogP contribution is 2.41. The van der Waals surface area contributed by atoms with Gasteiger partial charge in [-0.25, -0.2) is 9.48 Å². The van der Waals surface area contributed by atoms with Crippen LogP contribution in [0.5, 0.6) is 5.88 Å². The number of aromatic nitrogens is 2. The smallest absolute Gasteiger partial charge is 0.320 e. The number of amides is 2. The third-order valence-corrected chi connectivity index (χ3v) is 8.03. The number of carbonyl (C=O) groups excluding carboxylic acids is 1. The predicted molar refractivity (Wildman–Crippen MR) is 155 cm³/mol. The highest BCUT2D eigenvalue weighted by atomic mass is 16.5. The summed E-state index contributed by atoms with van der Waals surface area (Å²) in [7, 11) is 0. The first-order chi connectivity index (χ1) is 19.1. The van der Waals surface area contributed by atoms with Crippen LogP contribution < -0.4 is 15.4 Å². The molecular weight excluding hydrogens is 506 g/mol. The molecule has 214 valence electrons. The van der Waals surface area contributed by atoms with Crippen molar-refractivity contribution in [1.29, 1.82) is 0 Å². The van der Waals surface area contributed by atoms with E-state index in [1.54, 1.807) is 4.68 Å². The highest BCUT2D eigenvalue weighted by molar-refractivity contribution is 5.90. The van der Waals surface area contributed by atoms with Crippen LogP contribution in [-0.4, -0.2) is 70.4 Å². The standard InChI is InChI=1S/C31H41N5O4/c1-20(2)35-15-16-39-23(18-35)19-40-29-21(3)28(36(34-29)22-11-7-6-8-12-22)33-30(38)32-27-24-13-9-10-14-25(24)31(4,5)17-26(27)37/h6-14,20,23,26-27,37H,15-19H2,1-5H3,(H2,32,33,38)/t23?,26-,27-/m1/s1. The summed E-state index contributed by atoms with van der Waals surface area (Å²) in [6.07, 6.45) is -0.226. The van der Waals surface area contributed by atoms with Crippen LogP contribution in [0.25, 0.3) is 5.69 Å². The number of benzene rings is 2. The number of urea groups is 1. The third kappa shape index (κ3) is 5.87. The summed E-state index contributed by atoms with van der Waals surface area (Å²) >= 11 is 0. The van der Waals surface area contributed by atoms with Gasteiger partial charge in [-0.3, -0.25) is 10.2 Å². The molecule has 5 rings (SSSR count). The fourth-order valence-corrected chi connectivity index (χ4v) is 5.80. The molecule has 2 amide bonds. The second-order valence-electron chi connectivity index (χ2n) is 11.7. The molecule has 3 aromatic rings. The van der Waals surface area contributed by atoms with Crippen LogP contribution in [-0.2, 0) is 10.2 Å². The van der Waals surface area contributed by atoms with E-state index in [-0.39, 0.29) is 11.5 Å². The normalized spacial score (nSPS) is 22.5. The number of ether oxygens (including phenoxy) is 2.